The second-order valence-electron chi connectivity index (χ2n) is 5.15. The zero-order valence-corrected chi connectivity index (χ0v) is 14.5. The molecule has 0 radical (unpaired) electrons. The third kappa shape index (κ3) is 4.33. The molecule has 1 amide bonds. The molecule has 8 heteroatoms. The first-order valence-corrected chi connectivity index (χ1v) is 8.09. The van der Waals surface area contributed by atoms with Crippen molar-refractivity contribution in [1.82, 2.24) is 0 Å². The molecule has 0 saturated heterocycles. The van der Waals surface area contributed by atoms with E-state index in [4.69, 9.17) is 27.6 Å². The van der Waals surface area contributed by atoms with E-state index < -0.39 is 12.5 Å². The molecule has 1 heterocycles. The molecule has 0 saturated carbocycles. The number of rotatable bonds is 5. The van der Waals surface area contributed by atoms with Gasteiger partial charge in [0, 0.05) is 16.3 Å². The van der Waals surface area contributed by atoms with Crippen LogP contribution >= 0.6 is 23.2 Å². The van der Waals surface area contributed by atoms with Crippen molar-refractivity contribution in [2.45, 2.75) is 6.61 Å². The minimum absolute atomic E-state index is 0.0515. The summed E-state index contributed by atoms with van der Waals surface area (Å²) in [6.07, 6.45) is 0. The van der Waals surface area contributed by atoms with Crippen molar-refractivity contribution < 1.29 is 22.7 Å². The van der Waals surface area contributed by atoms with E-state index in [9.17, 15) is 13.6 Å². The molecule has 0 spiro atoms. The Labute approximate surface area is 157 Å². The van der Waals surface area contributed by atoms with E-state index >= 15 is 0 Å². The quantitative estimate of drug-likeness (QED) is 0.565. The molecular formula is C18H11Cl2F2NO3. The van der Waals surface area contributed by atoms with Gasteiger partial charge in [-0.1, -0.05) is 23.2 Å². The van der Waals surface area contributed by atoms with Gasteiger partial charge in [0.05, 0.1) is 5.02 Å². The van der Waals surface area contributed by atoms with Crippen molar-refractivity contribution in [3.63, 3.8) is 0 Å². The summed E-state index contributed by atoms with van der Waals surface area (Å²) in [7, 11) is 0. The van der Waals surface area contributed by atoms with E-state index in [1.165, 1.54) is 24.3 Å². The topological polar surface area (TPSA) is 51.5 Å². The largest absolute Gasteiger partial charge is 0.451 e. The van der Waals surface area contributed by atoms with Crippen molar-refractivity contribution in [3.8, 4) is 17.1 Å². The Bertz CT molecular complexity index is 926. The molecule has 0 aliphatic rings. The third-order valence-electron chi connectivity index (χ3n) is 3.36. The van der Waals surface area contributed by atoms with Gasteiger partial charge in [0.1, 0.15) is 11.5 Å². The number of hydrogen-bond acceptors (Lipinski definition) is 3. The molecule has 0 unspecified atom stereocenters. The van der Waals surface area contributed by atoms with Gasteiger partial charge in [-0.2, -0.15) is 8.78 Å². The SMILES string of the molecule is O=C(Nc1ccc(OC(F)F)c(Cl)c1)c1ccc(-c2ccc(Cl)cc2)o1. The summed E-state index contributed by atoms with van der Waals surface area (Å²) >= 11 is 11.7. The molecule has 26 heavy (non-hydrogen) atoms. The van der Waals surface area contributed by atoms with Gasteiger partial charge in [-0.05, 0) is 54.6 Å². The van der Waals surface area contributed by atoms with Crippen LogP contribution in [-0.4, -0.2) is 12.5 Å². The van der Waals surface area contributed by atoms with Crippen molar-refractivity contribution in [1.29, 1.82) is 0 Å². The molecule has 0 aliphatic carbocycles. The van der Waals surface area contributed by atoms with Crippen molar-refractivity contribution in [3.05, 3.63) is 70.4 Å². The number of nitrogens with one attached hydrogen (secondary N) is 1. The first-order valence-electron chi connectivity index (χ1n) is 7.34. The lowest BCUT2D eigenvalue weighted by atomic mass is 10.2. The van der Waals surface area contributed by atoms with Crippen LogP contribution in [0.25, 0.3) is 11.3 Å². The maximum Gasteiger partial charge on any atom is 0.387 e. The number of hydrogen-bond donors (Lipinski definition) is 1. The maximum absolute atomic E-state index is 12.3. The maximum atomic E-state index is 12.3. The Kier molecular flexibility index (Phi) is 5.44. The fourth-order valence-corrected chi connectivity index (χ4v) is 2.54. The van der Waals surface area contributed by atoms with Gasteiger partial charge in [-0.25, -0.2) is 0 Å². The lowest BCUT2D eigenvalue weighted by Crippen LogP contribution is -2.11. The molecule has 3 aromatic rings. The van der Waals surface area contributed by atoms with Crippen LogP contribution in [0.5, 0.6) is 5.75 Å². The number of carbonyl (C=O) groups is 1. The van der Waals surface area contributed by atoms with Gasteiger partial charge in [0.25, 0.3) is 5.91 Å². The molecule has 1 N–H and O–H groups in total. The molecule has 2 aromatic carbocycles. The van der Waals surface area contributed by atoms with E-state index in [0.717, 1.165) is 5.56 Å². The highest BCUT2D eigenvalue weighted by Gasteiger charge is 2.14. The molecule has 0 aliphatic heterocycles. The van der Waals surface area contributed by atoms with Crippen LogP contribution < -0.4 is 10.1 Å². The second-order valence-corrected chi connectivity index (χ2v) is 5.99. The van der Waals surface area contributed by atoms with E-state index in [-0.39, 0.29) is 16.5 Å². The van der Waals surface area contributed by atoms with Crippen LogP contribution in [0.15, 0.2) is 59.0 Å². The molecular weight excluding hydrogens is 387 g/mol. The summed E-state index contributed by atoms with van der Waals surface area (Å²) in [6, 6.07) is 14.1. The molecule has 4 nitrogen and oxygen atoms in total. The lowest BCUT2D eigenvalue weighted by Gasteiger charge is -2.09. The average molecular weight is 398 g/mol. The molecule has 134 valence electrons. The second kappa shape index (κ2) is 7.76. The fraction of sp³-hybridized carbons (Fsp3) is 0.0556. The summed E-state index contributed by atoms with van der Waals surface area (Å²) in [6.45, 7) is -2.98. The summed E-state index contributed by atoms with van der Waals surface area (Å²) in [5.74, 6) is -0.101. The van der Waals surface area contributed by atoms with Crippen LogP contribution in [0.4, 0.5) is 14.5 Å². The predicted molar refractivity (Wildman–Crippen MR) is 95.2 cm³/mol. The Morgan fingerprint density at radius 1 is 1.04 bits per heavy atom. The van der Waals surface area contributed by atoms with Crippen LogP contribution in [0.2, 0.25) is 10.0 Å². The van der Waals surface area contributed by atoms with Gasteiger partial charge >= 0.3 is 6.61 Å². The third-order valence-corrected chi connectivity index (χ3v) is 3.91. The minimum atomic E-state index is -2.98. The molecule has 0 bridgehead atoms. The highest BCUT2D eigenvalue weighted by atomic mass is 35.5. The highest BCUT2D eigenvalue weighted by molar-refractivity contribution is 6.32. The molecule has 0 fully saturated rings. The van der Waals surface area contributed by atoms with Crippen LogP contribution in [-0.2, 0) is 0 Å². The van der Waals surface area contributed by atoms with Crippen molar-refractivity contribution >= 4 is 34.8 Å². The van der Waals surface area contributed by atoms with E-state index in [1.54, 1.807) is 30.3 Å². The fourth-order valence-electron chi connectivity index (χ4n) is 2.19. The molecule has 0 atom stereocenters. The smallest absolute Gasteiger partial charge is 0.387 e. The number of alkyl halides is 2. The zero-order valence-electron chi connectivity index (χ0n) is 13.0. The first kappa shape index (κ1) is 18.2. The van der Waals surface area contributed by atoms with Gasteiger partial charge in [-0.15, -0.1) is 0 Å². The number of carbonyl (C=O) groups excluding carboxylic acids is 1. The first-order chi connectivity index (χ1) is 12.4. The van der Waals surface area contributed by atoms with Gasteiger partial charge in [0.2, 0.25) is 0 Å². The number of ether oxygens (including phenoxy) is 1. The normalized spacial score (nSPS) is 10.8. The average Bonchev–Trinajstić information content (AvgIpc) is 3.08. The monoisotopic (exact) mass is 397 g/mol. The summed E-state index contributed by atoms with van der Waals surface area (Å²) in [5.41, 5.74) is 1.08. The Morgan fingerprint density at radius 3 is 2.42 bits per heavy atom. The Morgan fingerprint density at radius 2 is 1.77 bits per heavy atom. The summed E-state index contributed by atoms with van der Waals surface area (Å²) in [4.78, 5) is 12.3. The van der Waals surface area contributed by atoms with Crippen LogP contribution in [0.3, 0.4) is 0 Å². The van der Waals surface area contributed by atoms with E-state index in [2.05, 4.69) is 10.1 Å². The van der Waals surface area contributed by atoms with E-state index in [1.807, 2.05) is 0 Å². The molecule has 1 aromatic heterocycles. The standard InChI is InChI=1S/C18H11Cl2F2NO3/c19-11-3-1-10(2-4-11)14-7-8-16(25-14)17(24)23-12-5-6-15(13(20)9-12)26-18(21)22/h1-9,18H,(H,23,24). The Hall–Kier alpha value is -2.57. The predicted octanol–water partition coefficient (Wildman–Crippen LogP) is 6.11. The molecule has 3 rings (SSSR count). The number of furan rings is 1. The minimum Gasteiger partial charge on any atom is -0.451 e. The lowest BCUT2D eigenvalue weighted by molar-refractivity contribution is -0.0497. The highest BCUT2D eigenvalue weighted by Crippen LogP contribution is 2.29. The number of halogens is 4. The van der Waals surface area contributed by atoms with Crippen molar-refractivity contribution in [2.24, 2.45) is 0 Å². The zero-order chi connectivity index (χ0) is 18.7. The van der Waals surface area contributed by atoms with Gasteiger partial charge in [-0.3, -0.25) is 4.79 Å². The van der Waals surface area contributed by atoms with Gasteiger partial charge < -0.3 is 14.5 Å². The van der Waals surface area contributed by atoms with Gasteiger partial charge in [0.15, 0.2) is 5.76 Å². The number of amides is 1. The summed E-state index contributed by atoms with van der Waals surface area (Å²) in [5, 5.41) is 3.11. The van der Waals surface area contributed by atoms with Crippen LogP contribution in [0.1, 0.15) is 10.6 Å². The Balaban J connectivity index is 1.72. The number of benzene rings is 2. The van der Waals surface area contributed by atoms with Crippen LogP contribution in [0, 0.1) is 0 Å². The number of anilines is 1. The van der Waals surface area contributed by atoms with E-state index in [0.29, 0.717) is 16.5 Å². The summed E-state index contributed by atoms with van der Waals surface area (Å²) < 4.78 is 34.2. The van der Waals surface area contributed by atoms with Crippen molar-refractivity contribution in [2.75, 3.05) is 5.32 Å².